The summed E-state index contributed by atoms with van der Waals surface area (Å²) in [6, 6.07) is 14.3. The van der Waals surface area contributed by atoms with Crippen LogP contribution in [-0.4, -0.2) is 36.3 Å². The van der Waals surface area contributed by atoms with Crippen LogP contribution in [-0.2, 0) is 9.59 Å². The van der Waals surface area contributed by atoms with Crippen molar-refractivity contribution >= 4 is 29.3 Å². The van der Waals surface area contributed by atoms with Gasteiger partial charge in [-0.05, 0) is 74.7 Å². The maximum Gasteiger partial charge on any atom is 0.238 e. The monoisotopic (exact) mass is 397 g/mol. The zero-order chi connectivity index (χ0) is 20.1. The van der Waals surface area contributed by atoms with Gasteiger partial charge in [-0.2, -0.15) is 0 Å². The standard InChI is InChI=1S/C22H27N3O2S/c1-15-5-6-16(2)20(12-15)28-19-9-7-18(8-10-19)24-21(26)14-25-11-3-4-17(13-25)22(23)27/h5-10,12,17H,3-4,11,13-14H2,1-2H3,(H2,23,27)(H,24,26)/t17-/m0/s1. The van der Waals surface area contributed by atoms with Crippen molar-refractivity contribution in [1.29, 1.82) is 0 Å². The molecule has 2 aromatic carbocycles. The van der Waals surface area contributed by atoms with Crippen LogP contribution in [0.4, 0.5) is 5.69 Å². The second-order valence-corrected chi connectivity index (χ2v) is 8.54. The van der Waals surface area contributed by atoms with E-state index in [2.05, 4.69) is 37.4 Å². The lowest BCUT2D eigenvalue weighted by Crippen LogP contribution is -2.44. The van der Waals surface area contributed by atoms with Crippen LogP contribution in [0.2, 0.25) is 0 Å². The van der Waals surface area contributed by atoms with Crippen molar-refractivity contribution in [2.75, 3.05) is 25.0 Å². The fraction of sp³-hybridized carbons (Fsp3) is 0.364. The number of rotatable bonds is 6. The molecule has 0 saturated carbocycles. The van der Waals surface area contributed by atoms with Crippen molar-refractivity contribution in [2.24, 2.45) is 11.7 Å². The Morgan fingerprint density at radius 2 is 1.93 bits per heavy atom. The van der Waals surface area contributed by atoms with Crippen LogP contribution < -0.4 is 11.1 Å². The number of nitrogens with zero attached hydrogens (tertiary/aromatic N) is 1. The topological polar surface area (TPSA) is 75.4 Å². The third kappa shape index (κ3) is 5.59. The van der Waals surface area contributed by atoms with E-state index < -0.39 is 0 Å². The first-order chi connectivity index (χ1) is 13.4. The summed E-state index contributed by atoms with van der Waals surface area (Å²) in [7, 11) is 0. The van der Waals surface area contributed by atoms with E-state index in [0.717, 1.165) is 30.0 Å². The SMILES string of the molecule is Cc1ccc(C)c(Sc2ccc(NC(=O)CN3CCC[C@H](C(N)=O)C3)cc2)c1. The highest BCUT2D eigenvalue weighted by Gasteiger charge is 2.25. The Kier molecular flexibility index (Phi) is 6.75. The van der Waals surface area contributed by atoms with E-state index in [4.69, 9.17) is 5.73 Å². The van der Waals surface area contributed by atoms with E-state index in [1.54, 1.807) is 11.8 Å². The Hall–Kier alpha value is -2.31. The van der Waals surface area contributed by atoms with E-state index >= 15 is 0 Å². The van der Waals surface area contributed by atoms with E-state index in [1.807, 2.05) is 29.2 Å². The minimum atomic E-state index is -0.276. The van der Waals surface area contributed by atoms with Crippen LogP contribution in [0, 0.1) is 19.8 Å². The molecule has 6 heteroatoms. The largest absolute Gasteiger partial charge is 0.369 e. The van der Waals surface area contributed by atoms with Crippen molar-refractivity contribution in [3.8, 4) is 0 Å². The highest BCUT2D eigenvalue weighted by atomic mass is 32.2. The van der Waals surface area contributed by atoms with Gasteiger partial charge in [-0.1, -0.05) is 23.9 Å². The van der Waals surface area contributed by atoms with Gasteiger partial charge in [-0.3, -0.25) is 14.5 Å². The van der Waals surface area contributed by atoms with E-state index in [-0.39, 0.29) is 24.3 Å². The lowest BCUT2D eigenvalue weighted by molar-refractivity contribution is -0.125. The highest BCUT2D eigenvalue weighted by Crippen LogP contribution is 2.31. The van der Waals surface area contributed by atoms with E-state index in [9.17, 15) is 9.59 Å². The molecule has 2 aromatic rings. The molecule has 1 atom stereocenters. The molecule has 3 rings (SSSR count). The molecule has 1 aliphatic heterocycles. The second kappa shape index (κ2) is 9.26. The molecule has 1 heterocycles. The maximum atomic E-state index is 12.3. The molecule has 0 unspecified atom stereocenters. The summed E-state index contributed by atoms with van der Waals surface area (Å²) in [6.45, 7) is 5.87. The minimum absolute atomic E-state index is 0.0694. The molecule has 1 aliphatic rings. The lowest BCUT2D eigenvalue weighted by Gasteiger charge is -2.30. The Morgan fingerprint density at radius 3 is 2.64 bits per heavy atom. The van der Waals surface area contributed by atoms with Gasteiger partial charge >= 0.3 is 0 Å². The molecule has 2 amide bonds. The van der Waals surface area contributed by atoms with Crippen LogP contribution in [0.1, 0.15) is 24.0 Å². The van der Waals surface area contributed by atoms with Crippen LogP contribution in [0.15, 0.2) is 52.3 Å². The van der Waals surface area contributed by atoms with Gasteiger partial charge < -0.3 is 11.1 Å². The van der Waals surface area contributed by atoms with Gasteiger partial charge in [0, 0.05) is 22.0 Å². The predicted octanol–water partition coefficient (Wildman–Crippen LogP) is 3.59. The third-order valence-corrected chi connectivity index (χ3v) is 6.15. The zero-order valence-corrected chi connectivity index (χ0v) is 17.2. The zero-order valence-electron chi connectivity index (χ0n) is 16.4. The number of nitrogens with two attached hydrogens (primary N) is 1. The van der Waals surface area contributed by atoms with Crippen molar-refractivity contribution in [3.05, 3.63) is 53.6 Å². The number of aryl methyl sites for hydroxylation is 2. The molecule has 0 bridgehead atoms. The van der Waals surface area contributed by atoms with Crippen LogP contribution in [0.3, 0.4) is 0 Å². The molecule has 28 heavy (non-hydrogen) atoms. The lowest BCUT2D eigenvalue weighted by atomic mass is 9.97. The fourth-order valence-corrected chi connectivity index (χ4v) is 4.39. The average Bonchev–Trinajstić information content (AvgIpc) is 2.66. The minimum Gasteiger partial charge on any atom is -0.369 e. The van der Waals surface area contributed by atoms with Gasteiger partial charge in [0.15, 0.2) is 0 Å². The van der Waals surface area contributed by atoms with Crippen molar-refractivity contribution < 1.29 is 9.59 Å². The number of piperidine rings is 1. The number of carbonyl (C=O) groups is 2. The molecule has 5 nitrogen and oxygen atoms in total. The number of hydrogen-bond donors (Lipinski definition) is 2. The normalized spacial score (nSPS) is 17.3. The molecule has 148 valence electrons. The van der Waals surface area contributed by atoms with Gasteiger partial charge in [0.1, 0.15) is 0 Å². The van der Waals surface area contributed by atoms with E-state index in [0.29, 0.717) is 6.54 Å². The highest BCUT2D eigenvalue weighted by molar-refractivity contribution is 7.99. The van der Waals surface area contributed by atoms with Gasteiger partial charge in [0.05, 0.1) is 12.5 Å². The van der Waals surface area contributed by atoms with E-state index in [1.165, 1.54) is 16.0 Å². The van der Waals surface area contributed by atoms with Crippen molar-refractivity contribution in [2.45, 2.75) is 36.5 Å². The number of likely N-dealkylation sites (tertiary alicyclic amines) is 1. The first kappa shape index (κ1) is 20.4. The maximum absolute atomic E-state index is 12.3. The Balaban J connectivity index is 1.54. The molecule has 0 spiro atoms. The number of nitrogens with one attached hydrogen (secondary N) is 1. The predicted molar refractivity (Wildman–Crippen MR) is 113 cm³/mol. The first-order valence-electron chi connectivity index (χ1n) is 9.57. The molecule has 0 radical (unpaired) electrons. The number of primary amides is 1. The number of carbonyl (C=O) groups excluding carboxylic acids is 2. The fourth-order valence-electron chi connectivity index (χ4n) is 3.39. The smallest absolute Gasteiger partial charge is 0.238 e. The molecule has 1 saturated heterocycles. The van der Waals surface area contributed by atoms with Crippen LogP contribution >= 0.6 is 11.8 Å². The summed E-state index contributed by atoms with van der Waals surface area (Å²) in [4.78, 5) is 28.1. The van der Waals surface area contributed by atoms with Gasteiger partial charge in [-0.15, -0.1) is 0 Å². The molecular formula is C22H27N3O2S. The summed E-state index contributed by atoms with van der Waals surface area (Å²) in [5.41, 5.74) is 8.68. The molecule has 1 fully saturated rings. The number of benzene rings is 2. The van der Waals surface area contributed by atoms with Crippen LogP contribution in [0.5, 0.6) is 0 Å². The second-order valence-electron chi connectivity index (χ2n) is 7.42. The third-order valence-electron chi connectivity index (χ3n) is 4.98. The van der Waals surface area contributed by atoms with Crippen LogP contribution in [0.25, 0.3) is 0 Å². The Bertz CT molecular complexity index is 851. The summed E-state index contributed by atoms with van der Waals surface area (Å²) in [6.07, 6.45) is 1.71. The van der Waals surface area contributed by atoms with Gasteiger partial charge in [0.25, 0.3) is 0 Å². The average molecular weight is 398 g/mol. The summed E-state index contributed by atoms with van der Waals surface area (Å²) in [5.74, 6) is -0.495. The summed E-state index contributed by atoms with van der Waals surface area (Å²) in [5, 5.41) is 2.94. The summed E-state index contributed by atoms with van der Waals surface area (Å²) >= 11 is 1.72. The quantitative estimate of drug-likeness (QED) is 0.781. The number of anilines is 1. The van der Waals surface area contributed by atoms with Crippen molar-refractivity contribution in [1.82, 2.24) is 4.90 Å². The Labute approximate surface area is 170 Å². The first-order valence-corrected chi connectivity index (χ1v) is 10.4. The van der Waals surface area contributed by atoms with Crippen molar-refractivity contribution in [3.63, 3.8) is 0 Å². The number of amides is 2. The molecule has 0 aromatic heterocycles. The van der Waals surface area contributed by atoms with Gasteiger partial charge in [0.2, 0.25) is 11.8 Å². The summed E-state index contributed by atoms with van der Waals surface area (Å²) < 4.78 is 0. The molecule has 3 N–H and O–H groups in total. The van der Waals surface area contributed by atoms with Gasteiger partial charge in [-0.25, -0.2) is 0 Å². The Morgan fingerprint density at radius 1 is 1.18 bits per heavy atom. The molecular weight excluding hydrogens is 370 g/mol. The number of hydrogen-bond acceptors (Lipinski definition) is 4. The molecule has 0 aliphatic carbocycles.